The highest BCUT2D eigenvalue weighted by Crippen LogP contribution is 2.20. The number of aryl methyl sites for hydroxylation is 2. The number of hydrogen-bond donors (Lipinski definition) is 0. The van der Waals surface area contributed by atoms with Crippen molar-refractivity contribution < 1.29 is 4.79 Å². The van der Waals surface area contributed by atoms with Crippen molar-refractivity contribution in [3.8, 4) is 0 Å². The van der Waals surface area contributed by atoms with Gasteiger partial charge in [-0.2, -0.15) is 0 Å². The number of hydrogen-bond acceptors (Lipinski definition) is 2. The van der Waals surface area contributed by atoms with Crippen LogP contribution in [-0.2, 0) is 0 Å². The van der Waals surface area contributed by atoms with Crippen molar-refractivity contribution in [1.29, 1.82) is 0 Å². The number of piperidine rings is 1. The number of halogens is 1. The lowest BCUT2D eigenvalue weighted by Gasteiger charge is -2.31. The van der Waals surface area contributed by atoms with Gasteiger partial charge in [0, 0.05) is 24.7 Å². The topological polar surface area (TPSA) is 33.2 Å². The maximum absolute atomic E-state index is 12.4. The van der Waals surface area contributed by atoms with Crippen LogP contribution in [0.2, 0.25) is 0 Å². The molecule has 1 saturated heterocycles. The minimum atomic E-state index is 0.105. The highest BCUT2D eigenvalue weighted by Gasteiger charge is 2.24. The monoisotopic (exact) mass is 266 g/mol. The number of nitrogens with zero attached hydrogens (tertiary/aromatic N) is 2. The molecule has 0 saturated carbocycles. The first-order chi connectivity index (χ1) is 8.61. The number of pyridine rings is 1. The quantitative estimate of drug-likeness (QED) is 0.772. The van der Waals surface area contributed by atoms with Crippen molar-refractivity contribution in [3.05, 3.63) is 29.1 Å². The molecule has 1 amide bonds. The van der Waals surface area contributed by atoms with Crippen molar-refractivity contribution in [3.63, 3.8) is 0 Å². The number of rotatable bonds is 2. The van der Waals surface area contributed by atoms with Crippen LogP contribution in [0.3, 0.4) is 0 Å². The molecule has 0 spiro atoms. The number of alkyl halides is 1. The summed E-state index contributed by atoms with van der Waals surface area (Å²) in [6.07, 6.45) is 2.02. The van der Waals surface area contributed by atoms with Crippen LogP contribution in [-0.4, -0.2) is 34.8 Å². The lowest BCUT2D eigenvalue weighted by molar-refractivity contribution is 0.0697. The summed E-state index contributed by atoms with van der Waals surface area (Å²) >= 11 is 5.85. The van der Waals surface area contributed by atoms with Gasteiger partial charge in [0.15, 0.2) is 0 Å². The van der Waals surface area contributed by atoms with Crippen LogP contribution in [0, 0.1) is 19.8 Å². The molecule has 98 valence electrons. The predicted octanol–water partition coefficient (Wildman–Crippen LogP) is 2.79. The average Bonchev–Trinajstić information content (AvgIpc) is 2.38. The number of likely N-dealkylation sites (tertiary alicyclic amines) is 1. The summed E-state index contributed by atoms with van der Waals surface area (Å²) in [5.41, 5.74) is 2.49. The molecule has 4 heteroatoms. The molecule has 0 unspecified atom stereocenters. The van der Waals surface area contributed by atoms with Crippen molar-refractivity contribution in [2.24, 2.45) is 5.92 Å². The standard InChI is InChI=1S/C14H19ClN2O/c1-10-3-4-13(11(2)16-10)14(18)17-7-5-12(9-15)6-8-17/h3-4,12H,5-9H2,1-2H3. The third-order valence-corrected chi connectivity index (χ3v) is 4.01. The normalized spacial score (nSPS) is 16.9. The van der Waals surface area contributed by atoms with Crippen LogP contribution < -0.4 is 0 Å². The molecule has 2 rings (SSSR count). The number of amides is 1. The van der Waals surface area contributed by atoms with Crippen LogP contribution in [0.4, 0.5) is 0 Å². The summed E-state index contributed by atoms with van der Waals surface area (Å²) in [4.78, 5) is 18.7. The Kier molecular flexibility index (Phi) is 4.23. The van der Waals surface area contributed by atoms with Crippen molar-refractivity contribution in [2.45, 2.75) is 26.7 Å². The van der Waals surface area contributed by atoms with E-state index in [0.29, 0.717) is 11.8 Å². The molecule has 1 aliphatic heterocycles. The van der Waals surface area contributed by atoms with Crippen molar-refractivity contribution in [1.82, 2.24) is 9.88 Å². The average molecular weight is 267 g/mol. The van der Waals surface area contributed by atoms with Crippen LogP contribution in [0.25, 0.3) is 0 Å². The molecule has 0 aromatic carbocycles. The first-order valence-electron chi connectivity index (χ1n) is 6.41. The van der Waals surface area contributed by atoms with Gasteiger partial charge in [-0.25, -0.2) is 0 Å². The first-order valence-corrected chi connectivity index (χ1v) is 6.94. The summed E-state index contributed by atoms with van der Waals surface area (Å²) in [6, 6.07) is 3.78. The van der Waals surface area contributed by atoms with E-state index < -0.39 is 0 Å². The second-order valence-corrected chi connectivity index (χ2v) is 5.28. The fourth-order valence-corrected chi connectivity index (χ4v) is 2.68. The van der Waals surface area contributed by atoms with E-state index in [1.165, 1.54) is 0 Å². The fraction of sp³-hybridized carbons (Fsp3) is 0.571. The van der Waals surface area contributed by atoms with Gasteiger partial charge in [0.25, 0.3) is 5.91 Å². The SMILES string of the molecule is Cc1ccc(C(=O)N2CCC(CCl)CC2)c(C)n1. The minimum Gasteiger partial charge on any atom is -0.339 e. The lowest BCUT2D eigenvalue weighted by atomic mass is 9.98. The van der Waals surface area contributed by atoms with Gasteiger partial charge >= 0.3 is 0 Å². The van der Waals surface area contributed by atoms with Crippen LogP contribution in [0.15, 0.2) is 12.1 Å². The van der Waals surface area contributed by atoms with Gasteiger partial charge in [-0.05, 0) is 44.7 Å². The van der Waals surface area contributed by atoms with Crippen LogP contribution in [0.1, 0.15) is 34.6 Å². The zero-order valence-electron chi connectivity index (χ0n) is 10.9. The second-order valence-electron chi connectivity index (χ2n) is 4.98. The Morgan fingerprint density at radius 3 is 2.61 bits per heavy atom. The zero-order chi connectivity index (χ0) is 13.1. The fourth-order valence-electron chi connectivity index (χ4n) is 2.37. The molecular formula is C14H19ClN2O. The summed E-state index contributed by atoms with van der Waals surface area (Å²) < 4.78 is 0. The number of aromatic nitrogens is 1. The van der Waals surface area contributed by atoms with Gasteiger partial charge in [0.05, 0.1) is 11.3 Å². The van der Waals surface area contributed by atoms with E-state index in [-0.39, 0.29) is 5.91 Å². The molecule has 0 bridgehead atoms. The van der Waals surface area contributed by atoms with Crippen LogP contribution in [0.5, 0.6) is 0 Å². The van der Waals surface area contributed by atoms with E-state index in [0.717, 1.165) is 42.9 Å². The third-order valence-electron chi connectivity index (χ3n) is 3.58. The van der Waals surface area contributed by atoms with Crippen molar-refractivity contribution in [2.75, 3.05) is 19.0 Å². The maximum Gasteiger partial charge on any atom is 0.255 e. The van der Waals surface area contributed by atoms with E-state index in [1.54, 1.807) is 0 Å². The molecule has 18 heavy (non-hydrogen) atoms. The molecule has 0 radical (unpaired) electrons. The Hall–Kier alpha value is -1.09. The molecule has 3 nitrogen and oxygen atoms in total. The van der Waals surface area contributed by atoms with E-state index in [9.17, 15) is 4.79 Å². The Morgan fingerprint density at radius 2 is 2.06 bits per heavy atom. The molecule has 1 aliphatic rings. The Bertz CT molecular complexity index is 439. The van der Waals surface area contributed by atoms with Gasteiger partial charge in [0.2, 0.25) is 0 Å². The molecule has 1 aromatic heterocycles. The number of carbonyl (C=O) groups excluding carboxylic acids is 1. The third kappa shape index (κ3) is 2.83. The summed E-state index contributed by atoms with van der Waals surface area (Å²) in [7, 11) is 0. The van der Waals surface area contributed by atoms with Gasteiger partial charge in [-0.1, -0.05) is 0 Å². The molecule has 0 atom stereocenters. The highest BCUT2D eigenvalue weighted by atomic mass is 35.5. The molecular weight excluding hydrogens is 248 g/mol. The van der Waals surface area contributed by atoms with Gasteiger partial charge in [0.1, 0.15) is 0 Å². The lowest BCUT2D eigenvalue weighted by Crippen LogP contribution is -2.39. The maximum atomic E-state index is 12.4. The van der Waals surface area contributed by atoms with Crippen LogP contribution >= 0.6 is 11.6 Å². The first kappa shape index (κ1) is 13.3. The Morgan fingerprint density at radius 1 is 1.39 bits per heavy atom. The number of carbonyl (C=O) groups is 1. The smallest absolute Gasteiger partial charge is 0.255 e. The van der Waals surface area contributed by atoms with E-state index >= 15 is 0 Å². The zero-order valence-corrected chi connectivity index (χ0v) is 11.7. The highest BCUT2D eigenvalue weighted by molar-refractivity contribution is 6.18. The Labute approximate surface area is 113 Å². The molecule has 1 fully saturated rings. The summed E-state index contributed by atoms with van der Waals surface area (Å²) in [5, 5.41) is 0. The van der Waals surface area contributed by atoms with Gasteiger partial charge in [-0.3, -0.25) is 9.78 Å². The summed E-state index contributed by atoms with van der Waals surface area (Å²) in [6.45, 7) is 5.45. The van der Waals surface area contributed by atoms with Crippen molar-refractivity contribution >= 4 is 17.5 Å². The molecule has 1 aromatic rings. The molecule has 0 aliphatic carbocycles. The minimum absolute atomic E-state index is 0.105. The summed E-state index contributed by atoms with van der Waals surface area (Å²) in [5.74, 6) is 1.37. The second kappa shape index (κ2) is 5.70. The molecule has 2 heterocycles. The molecule has 0 N–H and O–H groups in total. The van der Waals surface area contributed by atoms with Gasteiger partial charge in [-0.15, -0.1) is 11.6 Å². The van der Waals surface area contributed by atoms with Gasteiger partial charge < -0.3 is 4.90 Å². The Balaban J connectivity index is 2.08. The predicted molar refractivity (Wildman–Crippen MR) is 73.1 cm³/mol. The van der Waals surface area contributed by atoms with E-state index in [2.05, 4.69) is 4.98 Å². The van der Waals surface area contributed by atoms with E-state index in [4.69, 9.17) is 11.6 Å². The van der Waals surface area contributed by atoms with E-state index in [1.807, 2.05) is 30.9 Å². The largest absolute Gasteiger partial charge is 0.339 e.